The molecule has 0 aliphatic rings. The molecular formula is C27H28N2O3. The smallest absolute Gasteiger partial charge is 0.352 e. The monoisotopic (exact) mass is 428 g/mol. The fourth-order valence-electron chi connectivity index (χ4n) is 4.19. The van der Waals surface area contributed by atoms with Crippen molar-refractivity contribution in [1.82, 2.24) is 9.88 Å². The third kappa shape index (κ3) is 4.53. The average molecular weight is 429 g/mol. The molecule has 0 aliphatic heterocycles. The zero-order valence-corrected chi connectivity index (χ0v) is 18.4. The molecule has 0 saturated carbocycles. The van der Waals surface area contributed by atoms with Gasteiger partial charge in [0.05, 0.1) is 7.11 Å². The molecule has 3 aromatic carbocycles. The molecule has 1 aromatic heterocycles. The first kappa shape index (κ1) is 21.7. The Morgan fingerprint density at radius 2 is 1.69 bits per heavy atom. The number of methoxy groups -OCH3 is 1. The van der Waals surface area contributed by atoms with Crippen molar-refractivity contribution in [2.75, 3.05) is 13.7 Å². The first-order valence-electron chi connectivity index (χ1n) is 10.8. The van der Waals surface area contributed by atoms with Gasteiger partial charge in [0.1, 0.15) is 11.4 Å². The fraction of sp³-hybridized carbons (Fsp3) is 0.222. The summed E-state index contributed by atoms with van der Waals surface area (Å²) < 4.78 is 7.14. The van der Waals surface area contributed by atoms with Gasteiger partial charge in [0.25, 0.3) is 0 Å². The predicted molar refractivity (Wildman–Crippen MR) is 128 cm³/mol. The van der Waals surface area contributed by atoms with Crippen LogP contribution in [0.4, 0.5) is 0 Å². The SMILES string of the molecule is COc1ccc(Cn2c(C(=O)O)c(CNC[C@@H](C)c3ccccc3)c3ccccc32)cc1. The van der Waals surface area contributed by atoms with Crippen molar-refractivity contribution in [3.63, 3.8) is 0 Å². The van der Waals surface area contributed by atoms with E-state index in [4.69, 9.17) is 4.74 Å². The molecular weight excluding hydrogens is 400 g/mol. The molecule has 0 spiro atoms. The molecule has 0 aliphatic carbocycles. The lowest BCUT2D eigenvalue weighted by Crippen LogP contribution is -2.21. The first-order valence-corrected chi connectivity index (χ1v) is 10.8. The molecule has 1 heterocycles. The summed E-state index contributed by atoms with van der Waals surface area (Å²) in [4.78, 5) is 12.4. The molecule has 0 fully saturated rings. The van der Waals surface area contributed by atoms with Crippen LogP contribution in [0.25, 0.3) is 10.9 Å². The maximum atomic E-state index is 12.4. The Hall–Kier alpha value is -3.57. The summed E-state index contributed by atoms with van der Waals surface area (Å²) in [5.74, 6) is 0.196. The van der Waals surface area contributed by atoms with Gasteiger partial charge in [0.15, 0.2) is 0 Å². The highest BCUT2D eigenvalue weighted by Gasteiger charge is 2.22. The Bertz CT molecular complexity index is 1200. The third-order valence-electron chi connectivity index (χ3n) is 5.90. The van der Waals surface area contributed by atoms with E-state index in [0.717, 1.165) is 34.3 Å². The fourth-order valence-corrected chi connectivity index (χ4v) is 4.19. The molecule has 0 saturated heterocycles. The number of fused-ring (bicyclic) bond motifs is 1. The van der Waals surface area contributed by atoms with Crippen LogP contribution in [0, 0.1) is 0 Å². The summed E-state index contributed by atoms with van der Waals surface area (Å²) in [5, 5.41) is 14.6. The topological polar surface area (TPSA) is 63.5 Å². The number of carbonyl (C=O) groups is 1. The number of rotatable bonds is 9. The van der Waals surface area contributed by atoms with E-state index in [0.29, 0.717) is 24.7 Å². The van der Waals surface area contributed by atoms with E-state index in [1.54, 1.807) is 7.11 Å². The molecule has 0 amide bonds. The normalized spacial score (nSPS) is 12.1. The second-order valence-electron chi connectivity index (χ2n) is 8.03. The number of para-hydroxylation sites is 1. The van der Waals surface area contributed by atoms with Crippen molar-refractivity contribution in [3.8, 4) is 5.75 Å². The number of carboxylic acid groups (broad SMARTS) is 1. The number of aromatic carboxylic acids is 1. The summed E-state index contributed by atoms with van der Waals surface area (Å²) in [6.07, 6.45) is 0. The molecule has 0 radical (unpaired) electrons. The van der Waals surface area contributed by atoms with Crippen LogP contribution >= 0.6 is 0 Å². The zero-order chi connectivity index (χ0) is 22.5. The molecule has 5 nitrogen and oxygen atoms in total. The Kier molecular flexibility index (Phi) is 6.57. The van der Waals surface area contributed by atoms with Gasteiger partial charge in [0, 0.05) is 36.1 Å². The van der Waals surface area contributed by atoms with Crippen LogP contribution in [-0.4, -0.2) is 29.3 Å². The number of hydrogen-bond acceptors (Lipinski definition) is 3. The van der Waals surface area contributed by atoms with E-state index in [-0.39, 0.29) is 0 Å². The Morgan fingerprint density at radius 3 is 2.38 bits per heavy atom. The van der Waals surface area contributed by atoms with E-state index in [1.807, 2.05) is 71.3 Å². The van der Waals surface area contributed by atoms with E-state index < -0.39 is 5.97 Å². The molecule has 32 heavy (non-hydrogen) atoms. The molecule has 4 rings (SSSR count). The lowest BCUT2D eigenvalue weighted by atomic mass is 10.0. The summed E-state index contributed by atoms with van der Waals surface area (Å²) >= 11 is 0. The number of nitrogens with zero attached hydrogens (tertiary/aromatic N) is 1. The highest BCUT2D eigenvalue weighted by atomic mass is 16.5. The zero-order valence-electron chi connectivity index (χ0n) is 18.4. The summed E-state index contributed by atoms with van der Waals surface area (Å²) in [6.45, 7) is 3.91. The summed E-state index contributed by atoms with van der Waals surface area (Å²) in [5.41, 5.74) is 4.36. The quantitative estimate of drug-likeness (QED) is 0.380. The number of carboxylic acids is 1. The van der Waals surface area contributed by atoms with Gasteiger partial charge in [-0.2, -0.15) is 0 Å². The van der Waals surface area contributed by atoms with Crippen molar-refractivity contribution in [3.05, 3.63) is 101 Å². The van der Waals surface area contributed by atoms with Gasteiger partial charge in [-0.05, 0) is 35.2 Å². The minimum absolute atomic E-state index is 0.331. The molecule has 0 bridgehead atoms. The first-order chi connectivity index (χ1) is 15.6. The van der Waals surface area contributed by atoms with Crippen molar-refractivity contribution in [1.29, 1.82) is 0 Å². The van der Waals surface area contributed by atoms with Gasteiger partial charge >= 0.3 is 5.97 Å². The second-order valence-corrected chi connectivity index (χ2v) is 8.03. The molecule has 2 N–H and O–H groups in total. The number of aromatic nitrogens is 1. The molecule has 5 heteroatoms. The third-order valence-corrected chi connectivity index (χ3v) is 5.90. The highest BCUT2D eigenvalue weighted by Crippen LogP contribution is 2.28. The van der Waals surface area contributed by atoms with Gasteiger partial charge in [-0.1, -0.05) is 67.6 Å². The van der Waals surface area contributed by atoms with E-state index in [9.17, 15) is 9.90 Å². The summed E-state index contributed by atoms with van der Waals surface area (Å²) in [7, 11) is 1.63. The van der Waals surface area contributed by atoms with E-state index in [1.165, 1.54) is 5.56 Å². The van der Waals surface area contributed by atoms with Gasteiger partial charge in [-0.3, -0.25) is 0 Å². The maximum Gasteiger partial charge on any atom is 0.352 e. The van der Waals surface area contributed by atoms with Gasteiger partial charge in [-0.25, -0.2) is 4.79 Å². The van der Waals surface area contributed by atoms with Gasteiger partial charge in [-0.15, -0.1) is 0 Å². The van der Waals surface area contributed by atoms with E-state index >= 15 is 0 Å². The minimum Gasteiger partial charge on any atom is -0.497 e. The second kappa shape index (κ2) is 9.71. The van der Waals surface area contributed by atoms with Crippen molar-refractivity contribution >= 4 is 16.9 Å². The number of ether oxygens (including phenoxy) is 1. The van der Waals surface area contributed by atoms with E-state index in [2.05, 4.69) is 24.4 Å². The standard InChI is InChI=1S/C27H28N2O3/c1-19(21-8-4-3-5-9-21)16-28-17-24-23-10-6-7-11-25(23)29(26(24)27(30)31)18-20-12-14-22(32-2)15-13-20/h3-15,19,28H,16-18H2,1-2H3,(H,30,31)/t19-/m1/s1. The van der Waals surface area contributed by atoms with Crippen LogP contribution in [0.5, 0.6) is 5.75 Å². The van der Waals surface area contributed by atoms with Crippen molar-refractivity contribution in [2.45, 2.75) is 25.9 Å². The minimum atomic E-state index is -0.914. The lowest BCUT2D eigenvalue weighted by Gasteiger charge is -2.14. The lowest BCUT2D eigenvalue weighted by molar-refractivity contribution is 0.0684. The van der Waals surface area contributed by atoms with Crippen molar-refractivity contribution < 1.29 is 14.6 Å². The van der Waals surface area contributed by atoms with Crippen LogP contribution in [-0.2, 0) is 13.1 Å². The van der Waals surface area contributed by atoms with Crippen LogP contribution in [0.3, 0.4) is 0 Å². The van der Waals surface area contributed by atoms with Gasteiger partial charge < -0.3 is 19.7 Å². The molecule has 4 aromatic rings. The Balaban J connectivity index is 1.63. The number of hydrogen-bond donors (Lipinski definition) is 2. The van der Waals surface area contributed by atoms with Crippen LogP contribution in [0.15, 0.2) is 78.9 Å². The highest BCUT2D eigenvalue weighted by molar-refractivity contribution is 5.98. The average Bonchev–Trinajstić information content (AvgIpc) is 3.13. The summed E-state index contributed by atoms with van der Waals surface area (Å²) in [6, 6.07) is 26.0. The maximum absolute atomic E-state index is 12.4. The molecule has 0 unspecified atom stereocenters. The van der Waals surface area contributed by atoms with Crippen LogP contribution in [0.2, 0.25) is 0 Å². The Labute approximate surface area is 188 Å². The predicted octanol–water partition coefficient (Wildman–Crippen LogP) is 5.29. The number of benzene rings is 3. The van der Waals surface area contributed by atoms with Crippen LogP contribution < -0.4 is 10.1 Å². The van der Waals surface area contributed by atoms with Crippen LogP contribution in [0.1, 0.15) is 40.0 Å². The van der Waals surface area contributed by atoms with Gasteiger partial charge in [0.2, 0.25) is 0 Å². The van der Waals surface area contributed by atoms with Crippen molar-refractivity contribution in [2.24, 2.45) is 0 Å². The molecule has 164 valence electrons. The molecule has 1 atom stereocenters. The Morgan fingerprint density at radius 1 is 1.00 bits per heavy atom. The largest absolute Gasteiger partial charge is 0.497 e. The number of nitrogens with one attached hydrogen (secondary N) is 1.